The zero-order chi connectivity index (χ0) is 17.4. The van der Waals surface area contributed by atoms with E-state index in [-0.39, 0.29) is 11.8 Å². The van der Waals surface area contributed by atoms with Crippen LogP contribution < -0.4 is 5.32 Å². The molecule has 2 amide bonds. The lowest BCUT2D eigenvalue weighted by Crippen LogP contribution is -2.37. The van der Waals surface area contributed by atoms with Gasteiger partial charge in [0.1, 0.15) is 0 Å². The number of carbonyl (C=O) groups is 2. The minimum absolute atomic E-state index is 0.0203. The van der Waals surface area contributed by atoms with E-state index in [9.17, 15) is 9.59 Å². The minimum Gasteiger partial charge on any atom is -0.354 e. The average molecular weight is 390 g/mol. The van der Waals surface area contributed by atoms with Crippen LogP contribution in [0, 0.1) is 0 Å². The fraction of sp³-hybridized carbons (Fsp3) is 0.278. The maximum atomic E-state index is 12.0. The molecule has 0 bridgehead atoms. The molecule has 1 aromatic carbocycles. The first-order chi connectivity index (χ1) is 11.5. The number of nitrogens with one attached hydrogen (secondary N) is 1. The van der Waals surface area contributed by atoms with Crippen LogP contribution in [-0.2, 0) is 22.6 Å². The van der Waals surface area contributed by atoms with Gasteiger partial charge in [-0.15, -0.1) is 0 Å². The fourth-order valence-electron chi connectivity index (χ4n) is 2.28. The summed E-state index contributed by atoms with van der Waals surface area (Å²) in [6, 6.07) is 11.4. The van der Waals surface area contributed by atoms with Crippen LogP contribution in [0.3, 0.4) is 0 Å². The summed E-state index contributed by atoms with van der Waals surface area (Å²) in [6.45, 7) is 2.95. The molecule has 5 nitrogen and oxygen atoms in total. The van der Waals surface area contributed by atoms with Crippen molar-refractivity contribution in [1.82, 2.24) is 15.2 Å². The second kappa shape index (κ2) is 9.17. The van der Waals surface area contributed by atoms with Gasteiger partial charge in [-0.25, -0.2) is 0 Å². The first-order valence-corrected chi connectivity index (χ1v) is 8.49. The topological polar surface area (TPSA) is 62.3 Å². The first-order valence-electron chi connectivity index (χ1n) is 7.70. The van der Waals surface area contributed by atoms with Crippen molar-refractivity contribution in [3.05, 3.63) is 64.4 Å². The van der Waals surface area contributed by atoms with E-state index >= 15 is 0 Å². The van der Waals surface area contributed by atoms with Gasteiger partial charge in [0.2, 0.25) is 11.8 Å². The molecule has 2 rings (SSSR count). The van der Waals surface area contributed by atoms with E-state index in [2.05, 4.69) is 26.2 Å². The Kier molecular flexibility index (Phi) is 6.93. The maximum absolute atomic E-state index is 12.0. The van der Waals surface area contributed by atoms with Crippen molar-refractivity contribution in [2.75, 3.05) is 13.1 Å². The molecule has 0 aliphatic heterocycles. The van der Waals surface area contributed by atoms with Crippen molar-refractivity contribution in [2.45, 2.75) is 19.9 Å². The molecular weight excluding hydrogens is 370 g/mol. The highest BCUT2D eigenvalue weighted by atomic mass is 79.9. The lowest BCUT2D eigenvalue weighted by molar-refractivity contribution is -0.130. The predicted molar refractivity (Wildman–Crippen MR) is 96.2 cm³/mol. The van der Waals surface area contributed by atoms with Gasteiger partial charge in [0, 0.05) is 43.4 Å². The molecule has 0 fully saturated rings. The average Bonchev–Trinajstić information content (AvgIpc) is 2.54. The summed E-state index contributed by atoms with van der Waals surface area (Å²) in [5, 5.41) is 2.86. The van der Waals surface area contributed by atoms with Gasteiger partial charge in [-0.05, 0) is 35.4 Å². The Balaban J connectivity index is 1.80. The van der Waals surface area contributed by atoms with Crippen LogP contribution in [0.25, 0.3) is 0 Å². The Hall–Kier alpha value is -2.21. The van der Waals surface area contributed by atoms with Crippen molar-refractivity contribution in [1.29, 1.82) is 0 Å². The van der Waals surface area contributed by atoms with Gasteiger partial charge < -0.3 is 10.2 Å². The summed E-state index contributed by atoms with van der Waals surface area (Å²) in [7, 11) is 0. The van der Waals surface area contributed by atoms with E-state index in [1.54, 1.807) is 17.3 Å². The molecule has 0 unspecified atom stereocenters. The summed E-state index contributed by atoms with van der Waals surface area (Å²) in [4.78, 5) is 29.4. The Morgan fingerprint density at radius 1 is 1.17 bits per heavy atom. The normalized spacial score (nSPS) is 10.2. The van der Waals surface area contributed by atoms with E-state index in [4.69, 9.17) is 0 Å². The largest absolute Gasteiger partial charge is 0.354 e. The van der Waals surface area contributed by atoms with E-state index in [1.165, 1.54) is 6.92 Å². The quantitative estimate of drug-likeness (QED) is 0.791. The van der Waals surface area contributed by atoms with Crippen LogP contribution in [0.4, 0.5) is 0 Å². The summed E-state index contributed by atoms with van der Waals surface area (Å²) >= 11 is 3.39. The van der Waals surface area contributed by atoms with Crippen LogP contribution in [-0.4, -0.2) is 34.8 Å². The Morgan fingerprint density at radius 3 is 2.58 bits per heavy atom. The van der Waals surface area contributed by atoms with Crippen molar-refractivity contribution in [3.8, 4) is 0 Å². The van der Waals surface area contributed by atoms with Crippen molar-refractivity contribution < 1.29 is 9.59 Å². The number of carbonyl (C=O) groups excluding carboxylic acids is 2. The number of pyridine rings is 1. The highest BCUT2D eigenvalue weighted by molar-refractivity contribution is 9.10. The molecule has 0 saturated carbocycles. The lowest BCUT2D eigenvalue weighted by Gasteiger charge is -2.21. The third-order valence-electron chi connectivity index (χ3n) is 3.53. The molecule has 6 heteroatoms. The molecule has 1 heterocycles. The number of aromatic nitrogens is 1. The van der Waals surface area contributed by atoms with Gasteiger partial charge in [-0.3, -0.25) is 14.6 Å². The first kappa shape index (κ1) is 18.1. The minimum atomic E-state index is -0.0551. The number of halogens is 1. The molecule has 0 aliphatic rings. The molecule has 0 spiro atoms. The van der Waals surface area contributed by atoms with Crippen molar-refractivity contribution >= 4 is 27.7 Å². The summed E-state index contributed by atoms with van der Waals surface area (Å²) in [5.74, 6) is -0.0754. The monoisotopic (exact) mass is 389 g/mol. The van der Waals surface area contributed by atoms with E-state index in [0.29, 0.717) is 26.1 Å². The van der Waals surface area contributed by atoms with E-state index in [1.807, 2.05) is 36.4 Å². The smallest absolute Gasteiger partial charge is 0.224 e. The van der Waals surface area contributed by atoms with E-state index < -0.39 is 0 Å². The number of benzene rings is 1. The van der Waals surface area contributed by atoms with Gasteiger partial charge in [0.25, 0.3) is 0 Å². The van der Waals surface area contributed by atoms with Gasteiger partial charge in [-0.1, -0.05) is 28.1 Å². The Labute approximate surface area is 150 Å². The van der Waals surface area contributed by atoms with Crippen LogP contribution in [0.5, 0.6) is 0 Å². The Bertz CT molecular complexity index is 692. The molecule has 0 atom stereocenters. The third-order valence-corrected chi connectivity index (χ3v) is 4.02. The predicted octanol–water partition coefficient (Wildman–Crippen LogP) is 2.55. The zero-order valence-electron chi connectivity index (χ0n) is 13.5. The molecule has 1 aromatic heterocycles. The SMILES string of the molecule is CC(=O)N(CCNC(=O)Cc1cccc(Br)c1)Cc1ccncc1. The summed E-state index contributed by atoms with van der Waals surface area (Å²) in [6.07, 6.45) is 3.73. The number of hydrogen-bond donors (Lipinski definition) is 1. The molecule has 0 radical (unpaired) electrons. The van der Waals surface area contributed by atoms with Gasteiger partial charge in [0.15, 0.2) is 0 Å². The number of hydrogen-bond acceptors (Lipinski definition) is 3. The van der Waals surface area contributed by atoms with Crippen molar-refractivity contribution in [3.63, 3.8) is 0 Å². The molecule has 126 valence electrons. The zero-order valence-corrected chi connectivity index (χ0v) is 15.1. The highest BCUT2D eigenvalue weighted by Gasteiger charge is 2.10. The summed E-state index contributed by atoms with van der Waals surface area (Å²) in [5.41, 5.74) is 1.96. The number of amides is 2. The van der Waals surface area contributed by atoms with Crippen LogP contribution in [0.1, 0.15) is 18.1 Å². The van der Waals surface area contributed by atoms with Crippen LogP contribution in [0.15, 0.2) is 53.3 Å². The Morgan fingerprint density at radius 2 is 1.92 bits per heavy atom. The number of nitrogens with zero attached hydrogens (tertiary/aromatic N) is 2. The number of rotatable bonds is 7. The van der Waals surface area contributed by atoms with Crippen LogP contribution >= 0.6 is 15.9 Å². The maximum Gasteiger partial charge on any atom is 0.224 e. The molecule has 0 aliphatic carbocycles. The van der Waals surface area contributed by atoms with Gasteiger partial charge >= 0.3 is 0 Å². The molecule has 1 N–H and O–H groups in total. The summed E-state index contributed by atoms with van der Waals surface area (Å²) < 4.78 is 0.952. The molecule has 2 aromatic rings. The highest BCUT2D eigenvalue weighted by Crippen LogP contribution is 2.11. The standard InChI is InChI=1S/C18H20BrN3O2/c1-14(23)22(13-15-5-7-20-8-6-15)10-9-21-18(24)12-16-3-2-4-17(19)11-16/h2-8,11H,9-10,12-13H2,1H3,(H,21,24). The van der Waals surface area contributed by atoms with Gasteiger partial charge in [0.05, 0.1) is 6.42 Å². The molecule has 24 heavy (non-hydrogen) atoms. The third kappa shape index (κ3) is 6.12. The second-order valence-corrected chi connectivity index (χ2v) is 6.37. The van der Waals surface area contributed by atoms with Crippen LogP contribution in [0.2, 0.25) is 0 Å². The van der Waals surface area contributed by atoms with Gasteiger partial charge in [-0.2, -0.15) is 0 Å². The lowest BCUT2D eigenvalue weighted by atomic mass is 10.1. The fourth-order valence-corrected chi connectivity index (χ4v) is 2.73. The molecule has 0 saturated heterocycles. The van der Waals surface area contributed by atoms with Crippen molar-refractivity contribution in [2.24, 2.45) is 0 Å². The molecular formula is C18H20BrN3O2. The second-order valence-electron chi connectivity index (χ2n) is 5.45. The van der Waals surface area contributed by atoms with E-state index in [0.717, 1.165) is 15.6 Å².